The molecule has 0 aliphatic rings. The van der Waals surface area contributed by atoms with E-state index in [1.807, 2.05) is 30.5 Å². The highest BCUT2D eigenvalue weighted by Crippen LogP contribution is 2.35. The SMILES string of the molecule is CCOc1ncccc1C(=O)Nc1nc(-c2cc(OC)ccc2OC)cs1. The first kappa shape index (κ1) is 18.7. The number of methoxy groups -OCH3 is 2. The van der Waals surface area contributed by atoms with Crippen LogP contribution >= 0.6 is 11.3 Å². The van der Waals surface area contributed by atoms with Gasteiger partial charge in [0.25, 0.3) is 5.91 Å². The molecule has 1 aromatic carbocycles. The first-order valence-corrected chi connectivity index (χ1v) is 9.11. The van der Waals surface area contributed by atoms with Crippen LogP contribution in [0, 0.1) is 0 Å². The number of nitrogens with zero attached hydrogens (tertiary/aromatic N) is 2. The minimum Gasteiger partial charge on any atom is -0.497 e. The molecular formula is C19H19N3O4S. The van der Waals surface area contributed by atoms with Gasteiger partial charge in [-0.2, -0.15) is 0 Å². The Morgan fingerprint density at radius 3 is 2.81 bits per heavy atom. The fourth-order valence-corrected chi connectivity index (χ4v) is 3.15. The van der Waals surface area contributed by atoms with Gasteiger partial charge in [0.05, 0.1) is 26.5 Å². The van der Waals surface area contributed by atoms with Crippen molar-refractivity contribution in [3.05, 3.63) is 47.5 Å². The molecule has 140 valence electrons. The van der Waals surface area contributed by atoms with Gasteiger partial charge in [-0.3, -0.25) is 10.1 Å². The number of pyridine rings is 1. The third-order valence-electron chi connectivity index (χ3n) is 3.70. The summed E-state index contributed by atoms with van der Waals surface area (Å²) in [7, 11) is 3.19. The molecule has 2 aromatic heterocycles. The van der Waals surface area contributed by atoms with Crippen LogP contribution in [-0.2, 0) is 0 Å². The van der Waals surface area contributed by atoms with Crippen LogP contribution in [0.25, 0.3) is 11.3 Å². The van der Waals surface area contributed by atoms with Crippen LogP contribution < -0.4 is 19.5 Å². The second kappa shape index (κ2) is 8.50. The predicted octanol–water partition coefficient (Wildman–Crippen LogP) is 3.87. The van der Waals surface area contributed by atoms with E-state index in [-0.39, 0.29) is 5.91 Å². The summed E-state index contributed by atoms with van der Waals surface area (Å²) in [6.45, 7) is 2.26. The minimum atomic E-state index is -0.329. The molecule has 0 saturated carbocycles. The van der Waals surface area contributed by atoms with E-state index in [4.69, 9.17) is 14.2 Å². The van der Waals surface area contributed by atoms with E-state index in [9.17, 15) is 4.79 Å². The Hall–Kier alpha value is -3.13. The molecule has 27 heavy (non-hydrogen) atoms. The molecule has 2 heterocycles. The Kier molecular flexibility index (Phi) is 5.87. The van der Waals surface area contributed by atoms with E-state index in [0.717, 1.165) is 5.56 Å². The quantitative estimate of drug-likeness (QED) is 0.665. The number of hydrogen-bond acceptors (Lipinski definition) is 7. The monoisotopic (exact) mass is 385 g/mol. The molecule has 0 radical (unpaired) electrons. The number of rotatable bonds is 7. The van der Waals surface area contributed by atoms with E-state index >= 15 is 0 Å². The number of carbonyl (C=O) groups excluding carboxylic acids is 1. The lowest BCUT2D eigenvalue weighted by Gasteiger charge is -2.09. The average molecular weight is 385 g/mol. The number of benzene rings is 1. The molecule has 8 heteroatoms. The van der Waals surface area contributed by atoms with Crippen LogP contribution in [0.5, 0.6) is 17.4 Å². The molecule has 0 aliphatic heterocycles. The van der Waals surface area contributed by atoms with Crippen molar-refractivity contribution in [2.75, 3.05) is 26.1 Å². The van der Waals surface area contributed by atoms with Crippen molar-refractivity contribution in [1.82, 2.24) is 9.97 Å². The molecule has 0 atom stereocenters. The molecule has 0 saturated heterocycles. The first-order chi connectivity index (χ1) is 13.2. The zero-order chi connectivity index (χ0) is 19.2. The lowest BCUT2D eigenvalue weighted by atomic mass is 10.1. The molecule has 1 amide bonds. The lowest BCUT2D eigenvalue weighted by Crippen LogP contribution is -2.14. The highest BCUT2D eigenvalue weighted by Gasteiger charge is 2.16. The predicted molar refractivity (Wildman–Crippen MR) is 104 cm³/mol. The summed E-state index contributed by atoms with van der Waals surface area (Å²) in [6.07, 6.45) is 1.58. The fraction of sp³-hybridized carbons (Fsp3) is 0.211. The summed E-state index contributed by atoms with van der Waals surface area (Å²) < 4.78 is 16.1. The molecule has 7 nitrogen and oxygen atoms in total. The van der Waals surface area contributed by atoms with Gasteiger partial charge in [-0.15, -0.1) is 11.3 Å². The Balaban J connectivity index is 1.84. The third-order valence-corrected chi connectivity index (χ3v) is 4.46. The Morgan fingerprint density at radius 2 is 2.07 bits per heavy atom. The van der Waals surface area contributed by atoms with Crippen molar-refractivity contribution in [3.63, 3.8) is 0 Å². The van der Waals surface area contributed by atoms with Crippen LogP contribution in [0.4, 0.5) is 5.13 Å². The van der Waals surface area contributed by atoms with Gasteiger partial charge in [-0.05, 0) is 37.3 Å². The van der Waals surface area contributed by atoms with Gasteiger partial charge in [0.1, 0.15) is 17.1 Å². The van der Waals surface area contributed by atoms with Crippen molar-refractivity contribution >= 4 is 22.4 Å². The largest absolute Gasteiger partial charge is 0.497 e. The van der Waals surface area contributed by atoms with Crippen LogP contribution in [-0.4, -0.2) is 36.7 Å². The van der Waals surface area contributed by atoms with Crippen LogP contribution in [0.3, 0.4) is 0 Å². The fourth-order valence-electron chi connectivity index (χ4n) is 2.45. The standard InChI is InChI=1S/C19H19N3O4S/c1-4-26-18-13(6-5-9-20-18)17(23)22-19-21-15(11-27-19)14-10-12(24-2)7-8-16(14)25-3/h5-11H,4H2,1-3H3,(H,21,22,23). The van der Waals surface area contributed by atoms with E-state index in [0.29, 0.717) is 40.4 Å². The molecule has 0 unspecified atom stereocenters. The highest BCUT2D eigenvalue weighted by molar-refractivity contribution is 7.14. The maximum atomic E-state index is 12.6. The molecule has 0 bridgehead atoms. The summed E-state index contributed by atoms with van der Waals surface area (Å²) in [5.74, 6) is 1.33. The van der Waals surface area contributed by atoms with Gasteiger partial charge in [0, 0.05) is 17.1 Å². The number of anilines is 1. The molecule has 0 fully saturated rings. The van der Waals surface area contributed by atoms with Crippen LogP contribution in [0.2, 0.25) is 0 Å². The topological polar surface area (TPSA) is 82.6 Å². The Labute approximate surface area is 161 Å². The summed E-state index contributed by atoms with van der Waals surface area (Å²) in [6, 6.07) is 8.82. The Morgan fingerprint density at radius 1 is 1.22 bits per heavy atom. The highest BCUT2D eigenvalue weighted by atomic mass is 32.1. The number of carbonyl (C=O) groups is 1. The maximum Gasteiger partial charge on any atom is 0.262 e. The number of ether oxygens (including phenoxy) is 3. The molecule has 3 rings (SSSR count). The molecule has 0 aliphatic carbocycles. The zero-order valence-electron chi connectivity index (χ0n) is 15.2. The summed E-state index contributed by atoms with van der Waals surface area (Å²) in [5.41, 5.74) is 1.82. The van der Waals surface area contributed by atoms with Crippen molar-refractivity contribution in [1.29, 1.82) is 0 Å². The average Bonchev–Trinajstić information content (AvgIpc) is 3.16. The lowest BCUT2D eigenvalue weighted by molar-refractivity contribution is 0.102. The molecule has 0 spiro atoms. The second-order valence-corrected chi connectivity index (χ2v) is 6.21. The van der Waals surface area contributed by atoms with E-state index in [2.05, 4.69) is 15.3 Å². The van der Waals surface area contributed by atoms with Crippen molar-refractivity contribution in [2.24, 2.45) is 0 Å². The van der Waals surface area contributed by atoms with Crippen molar-refractivity contribution in [2.45, 2.75) is 6.92 Å². The smallest absolute Gasteiger partial charge is 0.262 e. The van der Waals surface area contributed by atoms with E-state index < -0.39 is 0 Å². The van der Waals surface area contributed by atoms with Crippen LogP contribution in [0.1, 0.15) is 17.3 Å². The number of thiazole rings is 1. The molecule has 1 N–H and O–H groups in total. The van der Waals surface area contributed by atoms with Gasteiger partial charge in [0.2, 0.25) is 5.88 Å². The van der Waals surface area contributed by atoms with E-state index in [1.54, 1.807) is 32.5 Å². The second-order valence-electron chi connectivity index (χ2n) is 5.35. The number of aromatic nitrogens is 2. The zero-order valence-corrected chi connectivity index (χ0v) is 16.0. The summed E-state index contributed by atoms with van der Waals surface area (Å²) in [4.78, 5) is 21.2. The summed E-state index contributed by atoms with van der Waals surface area (Å²) >= 11 is 1.32. The van der Waals surface area contributed by atoms with Gasteiger partial charge in [-0.1, -0.05) is 0 Å². The Bertz CT molecular complexity index is 942. The maximum absolute atomic E-state index is 12.6. The normalized spacial score (nSPS) is 10.3. The van der Waals surface area contributed by atoms with Crippen LogP contribution in [0.15, 0.2) is 41.9 Å². The number of hydrogen-bond donors (Lipinski definition) is 1. The summed E-state index contributed by atoms with van der Waals surface area (Å²) in [5, 5.41) is 5.10. The van der Waals surface area contributed by atoms with Gasteiger partial charge >= 0.3 is 0 Å². The molecular weight excluding hydrogens is 366 g/mol. The van der Waals surface area contributed by atoms with Gasteiger partial charge in [-0.25, -0.2) is 9.97 Å². The third kappa shape index (κ3) is 4.17. The number of nitrogens with one attached hydrogen (secondary N) is 1. The molecule has 3 aromatic rings. The van der Waals surface area contributed by atoms with Gasteiger partial charge in [0.15, 0.2) is 5.13 Å². The van der Waals surface area contributed by atoms with Gasteiger partial charge < -0.3 is 14.2 Å². The van der Waals surface area contributed by atoms with Crippen molar-refractivity contribution in [3.8, 4) is 28.6 Å². The van der Waals surface area contributed by atoms with E-state index in [1.165, 1.54) is 11.3 Å². The van der Waals surface area contributed by atoms with Crippen molar-refractivity contribution < 1.29 is 19.0 Å². The number of amides is 1. The first-order valence-electron chi connectivity index (χ1n) is 8.23. The minimum absolute atomic E-state index is 0.295.